The van der Waals surface area contributed by atoms with Gasteiger partial charge in [-0.3, -0.25) is 14.4 Å². The summed E-state index contributed by atoms with van der Waals surface area (Å²) in [5.74, 6) is 1.25. The number of rotatable bonds is 7. The van der Waals surface area contributed by atoms with Gasteiger partial charge in [0.2, 0.25) is 5.13 Å². The molecule has 0 spiro atoms. The van der Waals surface area contributed by atoms with E-state index in [-0.39, 0.29) is 11.4 Å². The molecule has 1 aromatic heterocycles. The highest BCUT2D eigenvalue weighted by molar-refractivity contribution is 8.01. The largest absolute Gasteiger partial charge is 0.476 e. The first kappa shape index (κ1) is 22.6. The average Bonchev–Trinajstić information content (AvgIpc) is 3.24. The maximum atomic E-state index is 13.3. The maximum Gasteiger partial charge on any atom is 0.269 e. The van der Waals surface area contributed by atoms with Crippen molar-refractivity contribution in [1.29, 1.82) is 0 Å². The Kier molecular flexibility index (Phi) is 6.68. The van der Waals surface area contributed by atoms with E-state index in [1.807, 2.05) is 0 Å². The molecule has 0 fully saturated rings. The number of fused-ring (bicyclic) bond motifs is 1. The molecule has 0 unspecified atom stereocenters. The van der Waals surface area contributed by atoms with Gasteiger partial charge in [0.25, 0.3) is 15.9 Å². The minimum absolute atomic E-state index is 0.145. The monoisotopic (exact) mass is 490 g/mol. The van der Waals surface area contributed by atoms with Crippen LogP contribution in [-0.2, 0) is 14.8 Å². The van der Waals surface area contributed by atoms with E-state index in [0.717, 1.165) is 10.1 Å². The first-order valence-electron chi connectivity index (χ1n) is 9.95. The van der Waals surface area contributed by atoms with Gasteiger partial charge in [-0.15, -0.1) is 10.2 Å². The van der Waals surface area contributed by atoms with Crippen molar-refractivity contribution in [2.24, 2.45) is 5.92 Å². The molecule has 1 amide bonds. The van der Waals surface area contributed by atoms with Gasteiger partial charge in [-0.2, -0.15) is 0 Å². The molecule has 1 atom stereocenters. The second kappa shape index (κ2) is 9.47. The molecule has 2 aromatic carbocycles. The van der Waals surface area contributed by atoms with E-state index in [0.29, 0.717) is 22.5 Å². The quantitative estimate of drug-likeness (QED) is 0.396. The maximum absolute atomic E-state index is 13.3. The molecular weight excluding hydrogens is 468 g/mol. The summed E-state index contributed by atoms with van der Waals surface area (Å²) < 4.78 is 34.5. The van der Waals surface area contributed by atoms with Crippen LogP contribution < -0.4 is 14.4 Å². The molecule has 3 aromatic rings. The fourth-order valence-corrected chi connectivity index (χ4v) is 6.26. The number of thioether (sulfide) groups is 1. The smallest absolute Gasteiger partial charge is 0.269 e. The summed E-state index contributed by atoms with van der Waals surface area (Å²) in [5.41, 5.74) is 0.392. The first-order chi connectivity index (χ1) is 15.3. The van der Waals surface area contributed by atoms with Gasteiger partial charge in [0, 0.05) is 5.75 Å². The topological polar surface area (TPSA) is 101 Å². The summed E-state index contributed by atoms with van der Waals surface area (Å²) >= 11 is 2.86. The Balaban J connectivity index is 1.55. The predicted octanol–water partition coefficient (Wildman–Crippen LogP) is 3.88. The van der Waals surface area contributed by atoms with Gasteiger partial charge >= 0.3 is 0 Å². The van der Waals surface area contributed by atoms with E-state index in [4.69, 9.17) is 4.74 Å². The second-order valence-corrected chi connectivity index (χ2v) is 11.6. The molecule has 1 aliphatic heterocycles. The SMILES string of the molecule is CC(C)CSc1nnc(NC(=O)[C@H]2CN(S(=O)(=O)c3ccccc3)c3ccccc3O2)s1. The van der Waals surface area contributed by atoms with Crippen molar-refractivity contribution < 1.29 is 17.9 Å². The van der Waals surface area contributed by atoms with E-state index in [1.54, 1.807) is 54.2 Å². The van der Waals surface area contributed by atoms with Gasteiger partial charge in [0.1, 0.15) is 5.75 Å². The van der Waals surface area contributed by atoms with Crippen molar-refractivity contribution in [3.8, 4) is 5.75 Å². The highest BCUT2D eigenvalue weighted by atomic mass is 32.2. The molecule has 32 heavy (non-hydrogen) atoms. The van der Waals surface area contributed by atoms with E-state index in [9.17, 15) is 13.2 Å². The fourth-order valence-electron chi connectivity index (χ4n) is 3.03. The average molecular weight is 491 g/mol. The zero-order valence-electron chi connectivity index (χ0n) is 17.5. The number of nitrogens with one attached hydrogen (secondary N) is 1. The molecule has 4 rings (SSSR count). The summed E-state index contributed by atoms with van der Waals surface area (Å²) in [6.45, 7) is 4.07. The molecular formula is C21H22N4O4S3. The van der Waals surface area contributed by atoms with E-state index in [2.05, 4.69) is 29.4 Å². The Morgan fingerprint density at radius 1 is 1.19 bits per heavy atom. The number of nitrogens with zero attached hydrogens (tertiary/aromatic N) is 3. The van der Waals surface area contributed by atoms with Gasteiger partial charge in [0.15, 0.2) is 10.4 Å². The number of sulfonamides is 1. The summed E-state index contributed by atoms with van der Waals surface area (Å²) in [6, 6.07) is 14.9. The molecule has 11 heteroatoms. The molecule has 2 heterocycles. The lowest BCUT2D eigenvalue weighted by molar-refractivity contribution is -0.122. The van der Waals surface area contributed by atoms with Crippen LogP contribution in [0.3, 0.4) is 0 Å². The lowest BCUT2D eigenvalue weighted by Gasteiger charge is -2.34. The number of anilines is 2. The lowest BCUT2D eigenvalue weighted by atomic mass is 10.2. The summed E-state index contributed by atoms with van der Waals surface area (Å²) in [5, 5.41) is 11.2. The molecule has 168 valence electrons. The minimum atomic E-state index is -3.88. The van der Waals surface area contributed by atoms with Crippen LogP contribution in [-0.4, -0.2) is 42.9 Å². The van der Waals surface area contributed by atoms with Gasteiger partial charge < -0.3 is 4.74 Å². The minimum Gasteiger partial charge on any atom is -0.476 e. The van der Waals surface area contributed by atoms with Gasteiger partial charge in [-0.1, -0.05) is 67.3 Å². The third kappa shape index (κ3) is 4.89. The van der Waals surface area contributed by atoms with E-state index in [1.165, 1.54) is 27.8 Å². The molecule has 0 radical (unpaired) electrons. The van der Waals surface area contributed by atoms with Gasteiger partial charge in [-0.05, 0) is 30.2 Å². The highest BCUT2D eigenvalue weighted by Crippen LogP contribution is 2.37. The van der Waals surface area contributed by atoms with Crippen molar-refractivity contribution in [2.75, 3.05) is 21.9 Å². The predicted molar refractivity (Wildman–Crippen MR) is 126 cm³/mol. The van der Waals surface area contributed by atoms with Crippen molar-refractivity contribution in [2.45, 2.75) is 29.2 Å². The van der Waals surface area contributed by atoms with Gasteiger partial charge in [0.05, 0.1) is 17.1 Å². The Bertz CT molecular complexity index is 1200. The number of para-hydroxylation sites is 2. The van der Waals surface area contributed by atoms with Gasteiger partial charge in [-0.25, -0.2) is 8.42 Å². The highest BCUT2D eigenvalue weighted by Gasteiger charge is 2.37. The number of ether oxygens (including phenoxy) is 1. The van der Waals surface area contributed by atoms with Crippen molar-refractivity contribution in [1.82, 2.24) is 10.2 Å². The zero-order chi connectivity index (χ0) is 22.7. The lowest BCUT2D eigenvalue weighted by Crippen LogP contribution is -2.48. The number of carbonyl (C=O) groups excluding carboxylic acids is 1. The van der Waals surface area contributed by atoms with Crippen LogP contribution in [0.15, 0.2) is 63.8 Å². The molecule has 0 saturated heterocycles. The summed E-state index contributed by atoms with van der Waals surface area (Å²) in [6.07, 6.45) is -1.04. The van der Waals surface area contributed by atoms with E-state index < -0.39 is 22.0 Å². The van der Waals surface area contributed by atoms with Crippen LogP contribution in [0.5, 0.6) is 5.75 Å². The number of benzene rings is 2. The normalized spacial score (nSPS) is 15.8. The number of carbonyl (C=O) groups is 1. The van der Waals surface area contributed by atoms with E-state index >= 15 is 0 Å². The number of aromatic nitrogens is 2. The van der Waals surface area contributed by atoms with Crippen molar-refractivity contribution in [3.63, 3.8) is 0 Å². The molecule has 1 aliphatic rings. The molecule has 0 saturated carbocycles. The molecule has 8 nitrogen and oxygen atoms in total. The number of hydrogen-bond acceptors (Lipinski definition) is 8. The molecule has 1 N–H and O–H groups in total. The van der Waals surface area contributed by atoms with Crippen molar-refractivity contribution >= 4 is 49.8 Å². The molecule has 0 bridgehead atoms. The van der Waals surface area contributed by atoms with Crippen LogP contribution >= 0.6 is 23.1 Å². The Hall–Kier alpha value is -2.63. The number of hydrogen-bond donors (Lipinski definition) is 1. The number of amides is 1. The standard InChI is InChI=1S/C21H22N4O4S3/c1-14(2)13-30-21-24-23-20(31-21)22-19(26)18-12-25(16-10-6-7-11-17(16)29-18)32(27,28)15-8-4-3-5-9-15/h3-11,14,18H,12-13H2,1-2H3,(H,22,23,26)/t18-/m1/s1. The molecule has 0 aliphatic carbocycles. The Morgan fingerprint density at radius 3 is 2.66 bits per heavy atom. The van der Waals surface area contributed by atoms with Crippen LogP contribution in [0.4, 0.5) is 10.8 Å². The first-order valence-corrected chi connectivity index (χ1v) is 13.2. The third-order valence-corrected chi connectivity index (χ3v) is 8.73. The second-order valence-electron chi connectivity index (χ2n) is 7.49. The van der Waals surface area contributed by atoms with Crippen LogP contribution in [0.25, 0.3) is 0 Å². The summed E-state index contributed by atoms with van der Waals surface area (Å²) in [4.78, 5) is 13.1. The Labute approximate surface area is 195 Å². The van der Waals surface area contributed by atoms with Crippen molar-refractivity contribution in [3.05, 3.63) is 54.6 Å². The fraction of sp³-hybridized carbons (Fsp3) is 0.286. The van der Waals surface area contributed by atoms with Crippen LogP contribution in [0.1, 0.15) is 13.8 Å². The summed E-state index contributed by atoms with van der Waals surface area (Å²) in [7, 11) is -3.88. The Morgan fingerprint density at radius 2 is 1.91 bits per heavy atom. The third-order valence-electron chi connectivity index (χ3n) is 4.54. The van der Waals surface area contributed by atoms with Crippen LogP contribution in [0.2, 0.25) is 0 Å². The zero-order valence-corrected chi connectivity index (χ0v) is 19.9. The van der Waals surface area contributed by atoms with Crippen LogP contribution in [0, 0.1) is 5.92 Å².